The van der Waals surface area contributed by atoms with Crippen LogP contribution in [0.2, 0.25) is 0 Å². The third-order valence-electron chi connectivity index (χ3n) is 3.50. The van der Waals surface area contributed by atoms with Crippen LogP contribution in [0.15, 0.2) is 57.5 Å². The first kappa shape index (κ1) is 17.0. The van der Waals surface area contributed by atoms with Gasteiger partial charge in [-0.2, -0.15) is 5.11 Å². The van der Waals surface area contributed by atoms with Crippen molar-refractivity contribution in [2.45, 2.75) is 20.3 Å². The van der Waals surface area contributed by atoms with E-state index in [1.807, 2.05) is 0 Å². The van der Waals surface area contributed by atoms with Gasteiger partial charge in [0.2, 0.25) is 0 Å². The van der Waals surface area contributed by atoms with E-state index in [2.05, 4.69) is 54.5 Å². The number of allylic oxidation sites excluding steroid dienone is 5. The number of hydrogen-bond donors (Lipinski definition) is 0. The Morgan fingerprint density at radius 1 is 1.28 bits per heavy atom. The van der Waals surface area contributed by atoms with Gasteiger partial charge in [-0.15, -0.1) is 5.57 Å². The van der Waals surface area contributed by atoms with Gasteiger partial charge in [0.1, 0.15) is 0 Å². The summed E-state index contributed by atoms with van der Waals surface area (Å²) in [5, 5.41) is 8.53. The molecule has 0 bridgehead atoms. The molecule has 1 atom stereocenters. The van der Waals surface area contributed by atoms with Gasteiger partial charge in [-0.3, -0.25) is 5.11 Å². The van der Waals surface area contributed by atoms with E-state index in [0.717, 1.165) is 18.2 Å². The molecule has 0 amide bonds. The Balaban J connectivity index is 0.000000963. The second kappa shape index (κ2) is 5.78. The summed E-state index contributed by atoms with van der Waals surface area (Å²) < 4.78 is 0. The zero-order chi connectivity index (χ0) is 10.5. The minimum atomic E-state index is -0.0760. The van der Waals surface area contributed by atoms with Crippen LogP contribution in [0.5, 0.6) is 0 Å². The second-order valence-corrected chi connectivity index (χ2v) is 4.29. The van der Waals surface area contributed by atoms with E-state index >= 15 is 0 Å². The number of rotatable bonds is 1. The van der Waals surface area contributed by atoms with Crippen LogP contribution in [0.1, 0.15) is 20.3 Å². The largest absolute Gasteiger partial charge is 1.00 e. The van der Waals surface area contributed by atoms with Gasteiger partial charge < -0.3 is 14.9 Å². The summed E-state index contributed by atoms with van der Waals surface area (Å²) in [6.07, 6.45) is 11.8. The molecule has 3 rings (SSSR count). The van der Waals surface area contributed by atoms with Gasteiger partial charge in [-0.1, -0.05) is 32.0 Å². The molecule has 0 saturated heterocycles. The summed E-state index contributed by atoms with van der Waals surface area (Å²) >= 11 is 0. The summed E-state index contributed by atoms with van der Waals surface area (Å²) in [4.78, 5) is 0. The summed E-state index contributed by atoms with van der Waals surface area (Å²) in [6.45, 7) is 4.36. The molecule has 3 heteroatoms. The standard InChI is InChI=1S/C13H13N2.2CH3.Li/c1-3-9-4-5-10-6-7-11-13(10,2)12(8-9)15-14-11;;;/h4-8H,3H2,1-2H3;2*1H3;/q3*-1;+1. The summed E-state index contributed by atoms with van der Waals surface area (Å²) in [5.41, 5.74) is 3.63. The first-order chi connectivity index (χ1) is 7.25. The molecular formula is C15H19LiN2-2. The van der Waals surface area contributed by atoms with Gasteiger partial charge in [0.15, 0.2) is 0 Å². The predicted molar refractivity (Wildman–Crippen MR) is 72.7 cm³/mol. The maximum absolute atomic E-state index is 4.29. The van der Waals surface area contributed by atoms with Crippen molar-refractivity contribution < 1.29 is 18.9 Å². The predicted octanol–water partition coefficient (Wildman–Crippen LogP) is 1.63. The molecule has 0 aromatic carbocycles. The van der Waals surface area contributed by atoms with Crippen LogP contribution in [0.25, 0.3) is 0 Å². The Kier molecular flexibility index (Phi) is 5.47. The fraction of sp³-hybridized carbons (Fsp3) is 0.267. The summed E-state index contributed by atoms with van der Waals surface area (Å²) in [6, 6.07) is 1.07. The Bertz CT molecular complexity index is 469. The summed E-state index contributed by atoms with van der Waals surface area (Å²) in [5.74, 6) is 0. The van der Waals surface area contributed by atoms with Crippen LogP contribution in [0.3, 0.4) is 0 Å². The smallest absolute Gasteiger partial charge is 0.358 e. The van der Waals surface area contributed by atoms with E-state index < -0.39 is 0 Å². The van der Waals surface area contributed by atoms with Crippen LogP contribution in [-0.2, 0) is 0 Å². The molecule has 1 aliphatic heterocycles. The molecule has 92 valence electrons. The van der Waals surface area contributed by atoms with Gasteiger partial charge in [0, 0.05) is 0 Å². The average molecular weight is 234 g/mol. The summed E-state index contributed by atoms with van der Waals surface area (Å²) in [7, 11) is 0. The van der Waals surface area contributed by atoms with Crippen molar-refractivity contribution in [3.8, 4) is 0 Å². The number of nitrogens with zero attached hydrogens (tertiary/aromatic N) is 2. The molecular weight excluding hydrogens is 215 g/mol. The zero-order valence-electron chi connectivity index (χ0n) is 12.0. The van der Waals surface area contributed by atoms with Crippen molar-refractivity contribution in [2.24, 2.45) is 15.6 Å². The molecule has 1 unspecified atom stereocenters. The third-order valence-corrected chi connectivity index (χ3v) is 3.50. The number of hydrogen-bond acceptors (Lipinski definition) is 2. The van der Waals surface area contributed by atoms with E-state index in [9.17, 15) is 0 Å². The fourth-order valence-electron chi connectivity index (χ4n) is 2.31. The van der Waals surface area contributed by atoms with E-state index in [1.54, 1.807) is 0 Å². The first-order valence-electron chi connectivity index (χ1n) is 5.36. The van der Waals surface area contributed by atoms with Crippen molar-refractivity contribution in [1.29, 1.82) is 0 Å². The quantitative estimate of drug-likeness (QED) is 0.486. The van der Waals surface area contributed by atoms with Crippen molar-refractivity contribution in [3.63, 3.8) is 0 Å². The first-order valence-corrected chi connectivity index (χ1v) is 5.36. The zero-order valence-corrected chi connectivity index (χ0v) is 12.0. The van der Waals surface area contributed by atoms with Crippen LogP contribution in [0, 0.1) is 26.3 Å². The van der Waals surface area contributed by atoms with Crippen molar-refractivity contribution in [2.75, 3.05) is 0 Å². The molecule has 2 nitrogen and oxygen atoms in total. The van der Waals surface area contributed by atoms with Gasteiger partial charge in [-0.05, 0) is 23.5 Å². The van der Waals surface area contributed by atoms with E-state index in [-0.39, 0.29) is 39.1 Å². The number of azo groups is 1. The Hall–Kier alpha value is -0.973. The monoisotopic (exact) mass is 234 g/mol. The minimum absolute atomic E-state index is 0. The molecule has 0 spiro atoms. The Labute approximate surface area is 123 Å². The topological polar surface area (TPSA) is 24.7 Å². The maximum atomic E-state index is 4.29. The molecule has 0 N–H and O–H groups in total. The molecule has 0 fully saturated rings. The molecule has 0 radical (unpaired) electrons. The Morgan fingerprint density at radius 2 is 2.00 bits per heavy atom. The van der Waals surface area contributed by atoms with Crippen molar-refractivity contribution in [1.82, 2.24) is 0 Å². The van der Waals surface area contributed by atoms with Crippen molar-refractivity contribution >= 4 is 0 Å². The van der Waals surface area contributed by atoms with E-state index in [0.29, 0.717) is 0 Å². The molecule has 18 heavy (non-hydrogen) atoms. The van der Waals surface area contributed by atoms with Crippen LogP contribution in [-0.4, -0.2) is 0 Å². The Morgan fingerprint density at radius 3 is 2.67 bits per heavy atom. The normalized spacial score (nSPS) is 25.9. The minimum Gasteiger partial charge on any atom is -0.358 e. The molecule has 0 aromatic rings. The van der Waals surface area contributed by atoms with E-state index in [1.165, 1.54) is 11.1 Å². The van der Waals surface area contributed by atoms with Gasteiger partial charge in [0.25, 0.3) is 0 Å². The molecule has 3 aliphatic rings. The van der Waals surface area contributed by atoms with Gasteiger partial charge in [-0.25, -0.2) is 12.2 Å². The fourth-order valence-corrected chi connectivity index (χ4v) is 2.31. The maximum Gasteiger partial charge on any atom is 1.00 e. The average Bonchev–Trinajstić information content (AvgIpc) is 2.66. The second-order valence-electron chi connectivity index (χ2n) is 4.29. The van der Waals surface area contributed by atoms with Crippen LogP contribution < -0.4 is 18.9 Å². The third kappa shape index (κ3) is 2.04. The van der Waals surface area contributed by atoms with Crippen molar-refractivity contribution in [3.05, 3.63) is 68.1 Å². The SMILES string of the molecule is CCC1=CC=C2C=C[C-]3N=NC(=C1)C23C.[CH3-].[CH3-].[Li+]. The molecule has 0 saturated carbocycles. The molecule has 1 heterocycles. The van der Waals surface area contributed by atoms with Gasteiger partial charge >= 0.3 is 18.9 Å². The van der Waals surface area contributed by atoms with E-state index in [4.69, 9.17) is 0 Å². The van der Waals surface area contributed by atoms with Gasteiger partial charge in [0.05, 0.1) is 5.70 Å². The molecule has 0 aromatic heterocycles. The van der Waals surface area contributed by atoms with Crippen LogP contribution in [0.4, 0.5) is 0 Å². The molecule has 2 aliphatic carbocycles. The van der Waals surface area contributed by atoms with Crippen LogP contribution >= 0.6 is 0 Å².